The number of hydrogen-bond donors (Lipinski definition) is 1. The average molecular weight is 278 g/mol. The first-order valence-electron chi connectivity index (χ1n) is 7.38. The minimum absolute atomic E-state index is 0.503. The van der Waals surface area contributed by atoms with Crippen LogP contribution < -0.4 is 4.90 Å². The third-order valence-electron chi connectivity index (χ3n) is 3.89. The van der Waals surface area contributed by atoms with Gasteiger partial charge in [-0.05, 0) is 19.9 Å². The fourth-order valence-electron chi connectivity index (χ4n) is 2.90. The molecule has 1 heterocycles. The molecule has 0 spiro atoms. The standard InChI is InChI=1S/C15H26N4O/c1-18(2)14-16-9-13(10-17-14)11-19(3)12-15(20)7-5-4-6-8-15/h9-10,20H,4-8,11-12H2,1-3H3. The van der Waals surface area contributed by atoms with Crippen LogP contribution in [0.5, 0.6) is 0 Å². The molecule has 1 N–H and O–H groups in total. The zero-order valence-electron chi connectivity index (χ0n) is 12.8. The Morgan fingerprint density at radius 2 is 1.70 bits per heavy atom. The van der Waals surface area contributed by atoms with Gasteiger partial charge >= 0.3 is 0 Å². The van der Waals surface area contributed by atoms with E-state index in [1.165, 1.54) is 6.42 Å². The van der Waals surface area contributed by atoms with Crippen LogP contribution in [0.1, 0.15) is 37.7 Å². The van der Waals surface area contributed by atoms with Crippen LogP contribution in [0.25, 0.3) is 0 Å². The second-order valence-electron chi connectivity index (χ2n) is 6.24. The van der Waals surface area contributed by atoms with Crippen LogP contribution in [-0.4, -0.2) is 53.3 Å². The summed E-state index contributed by atoms with van der Waals surface area (Å²) in [5.74, 6) is 0.724. The zero-order chi connectivity index (χ0) is 14.6. The lowest BCUT2D eigenvalue weighted by molar-refractivity contribution is -0.0224. The maximum atomic E-state index is 10.6. The third-order valence-corrected chi connectivity index (χ3v) is 3.89. The lowest BCUT2D eigenvalue weighted by Crippen LogP contribution is -2.42. The predicted molar refractivity (Wildman–Crippen MR) is 80.7 cm³/mol. The summed E-state index contributed by atoms with van der Waals surface area (Å²) in [7, 11) is 5.91. The molecule has 1 aromatic heterocycles. The van der Waals surface area contributed by atoms with Crippen molar-refractivity contribution in [2.24, 2.45) is 0 Å². The molecule has 5 nitrogen and oxygen atoms in total. The largest absolute Gasteiger partial charge is 0.389 e. The van der Waals surface area contributed by atoms with Gasteiger partial charge < -0.3 is 10.0 Å². The molecule has 5 heteroatoms. The molecule has 0 aromatic carbocycles. The average Bonchev–Trinajstić information content (AvgIpc) is 2.39. The maximum Gasteiger partial charge on any atom is 0.224 e. The van der Waals surface area contributed by atoms with Crippen LogP contribution in [0.2, 0.25) is 0 Å². The Labute approximate surface area is 121 Å². The van der Waals surface area contributed by atoms with Gasteiger partial charge in [0.25, 0.3) is 0 Å². The molecule has 112 valence electrons. The first-order chi connectivity index (χ1) is 9.48. The quantitative estimate of drug-likeness (QED) is 0.888. The van der Waals surface area contributed by atoms with Crippen molar-refractivity contribution in [3.05, 3.63) is 18.0 Å². The molecule has 2 rings (SSSR count). The van der Waals surface area contributed by atoms with Gasteiger partial charge in [0.05, 0.1) is 5.60 Å². The Morgan fingerprint density at radius 3 is 2.25 bits per heavy atom. The summed E-state index contributed by atoms with van der Waals surface area (Å²) in [5, 5.41) is 10.6. The third kappa shape index (κ3) is 4.15. The fraction of sp³-hybridized carbons (Fsp3) is 0.733. The molecule has 0 atom stereocenters. The minimum atomic E-state index is -0.503. The number of anilines is 1. The normalized spacial score (nSPS) is 18.2. The number of likely N-dealkylation sites (N-methyl/N-ethyl adjacent to an activating group) is 1. The molecular weight excluding hydrogens is 252 g/mol. The summed E-state index contributed by atoms with van der Waals surface area (Å²) in [5.41, 5.74) is 0.578. The Balaban J connectivity index is 1.88. The van der Waals surface area contributed by atoms with Crippen molar-refractivity contribution in [3.8, 4) is 0 Å². The summed E-state index contributed by atoms with van der Waals surface area (Å²) in [6.07, 6.45) is 9.12. The van der Waals surface area contributed by atoms with Crippen LogP contribution in [0, 0.1) is 0 Å². The van der Waals surface area contributed by atoms with Gasteiger partial charge in [0.2, 0.25) is 5.95 Å². The summed E-state index contributed by atoms with van der Waals surface area (Å²) in [4.78, 5) is 12.7. The van der Waals surface area contributed by atoms with Crippen LogP contribution in [0.3, 0.4) is 0 Å². The lowest BCUT2D eigenvalue weighted by Gasteiger charge is -2.35. The van der Waals surface area contributed by atoms with Crippen LogP contribution in [0.4, 0.5) is 5.95 Å². The van der Waals surface area contributed by atoms with Crippen molar-refractivity contribution in [2.75, 3.05) is 32.6 Å². The van der Waals surface area contributed by atoms with Gasteiger partial charge in [-0.25, -0.2) is 9.97 Å². The number of aromatic nitrogens is 2. The van der Waals surface area contributed by atoms with E-state index in [0.29, 0.717) is 0 Å². The molecule has 0 unspecified atom stereocenters. The second kappa shape index (κ2) is 6.50. The molecule has 0 amide bonds. The van der Waals surface area contributed by atoms with Gasteiger partial charge in [-0.3, -0.25) is 4.90 Å². The molecule has 20 heavy (non-hydrogen) atoms. The van der Waals surface area contributed by atoms with Gasteiger partial charge in [0, 0.05) is 45.1 Å². The summed E-state index contributed by atoms with van der Waals surface area (Å²) >= 11 is 0. The SMILES string of the molecule is CN(Cc1cnc(N(C)C)nc1)CC1(O)CCCCC1. The first kappa shape index (κ1) is 15.2. The molecule has 1 saturated carbocycles. The van der Waals surface area contributed by atoms with E-state index in [2.05, 4.69) is 14.9 Å². The van der Waals surface area contributed by atoms with Crippen molar-refractivity contribution >= 4 is 5.95 Å². The van der Waals surface area contributed by atoms with Crippen molar-refractivity contribution in [2.45, 2.75) is 44.2 Å². The van der Waals surface area contributed by atoms with Gasteiger partial charge in [0.15, 0.2) is 0 Å². The molecule has 1 fully saturated rings. The van der Waals surface area contributed by atoms with E-state index in [9.17, 15) is 5.11 Å². The highest BCUT2D eigenvalue weighted by Crippen LogP contribution is 2.28. The molecule has 1 aliphatic rings. The molecule has 0 saturated heterocycles. The van der Waals surface area contributed by atoms with Crippen molar-refractivity contribution in [1.29, 1.82) is 0 Å². The highest BCUT2D eigenvalue weighted by atomic mass is 16.3. The fourth-order valence-corrected chi connectivity index (χ4v) is 2.90. The van der Waals surface area contributed by atoms with E-state index in [1.807, 2.05) is 38.4 Å². The first-order valence-corrected chi connectivity index (χ1v) is 7.38. The van der Waals surface area contributed by atoms with E-state index in [1.54, 1.807) is 0 Å². The smallest absolute Gasteiger partial charge is 0.224 e. The van der Waals surface area contributed by atoms with Crippen molar-refractivity contribution in [1.82, 2.24) is 14.9 Å². The molecule has 0 bridgehead atoms. The van der Waals surface area contributed by atoms with E-state index in [0.717, 1.165) is 50.3 Å². The number of rotatable bonds is 5. The Hall–Kier alpha value is -1.20. The van der Waals surface area contributed by atoms with Crippen LogP contribution in [-0.2, 0) is 6.54 Å². The molecule has 0 radical (unpaired) electrons. The zero-order valence-corrected chi connectivity index (χ0v) is 12.8. The second-order valence-corrected chi connectivity index (χ2v) is 6.24. The van der Waals surface area contributed by atoms with Crippen molar-refractivity contribution in [3.63, 3.8) is 0 Å². The Kier molecular flexibility index (Phi) is 4.94. The van der Waals surface area contributed by atoms with E-state index in [-0.39, 0.29) is 0 Å². The topological polar surface area (TPSA) is 52.5 Å². The summed E-state index contributed by atoms with van der Waals surface area (Å²) in [6.45, 7) is 1.50. The van der Waals surface area contributed by atoms with Gasteiger partial charge in [-0.2, -0.15) is 0 Å². The van der Waals surface area contributed by atoms with E-state index >= 15 is 0 Å². The lowest BCUT2D eigenvalue weighted by atomic mass is 9.84. The predicted octanol–water partition coefficient (Wildman–Crippen LogP) is 1.67. The number of aliphatic hydroxyl groups is 1. The van der Waals surface area contributed by atoms with Crippen LogP contribution >= 0.6 is 0 Å². The molecule has 1 aromatic rings. The van der Waals surface area contributed by atoms with Crippen LogP contribution in [0.15, 0.2) is 12.4 Å². The Morgan fingerprint density at radius 1 is 1.10 bits per heavy atom. The molecule has 0 aliphatic heterocycles. The molecule has 1 aliphatic carbocycles. The van der Waals surface area contributed by atoms with Gasteiger partial charge in [-0.15, -0.1) is 0 Å². The number of hydrogen-bond acceptors (Lipinski definition) is 5. The summed E-state index contributed by atoms with van der Waals surface area (Å²) in [6, 6.07) is 0. The monoisotopic (exact) mass is 278 g/mol. The highest BCUT2D eigenvalue weighted by Gasteiger charge is 2.30. The minimum Gasteiger partial charge on any atom is -0.389 e. The van der Waals surface area contributed by atoms with Gasteiger partial charge in [0.1, 0.15) is 0 Å². The summed E-state index contributed by atoms with van der Waals surface area (Å²) < 4.78 is 0. The maximum absolute atomic E-state index is 10.6. The van der Waals surface area contributed by atoms with E-state index < -0.39 is 5.60 Å². The number of nitrogens with zero attached hydrogens (tertiary/aromatic N) is 4. The van der Waals surface area contributed by atoms with E-state index in [4.69, 9.17) is 0 Å². The Bertz CT molecular complexity index is 412. The van der Waals surface area contributed by atoms with Gasteiger partial charge in [-0.1, -0.05) is 19.3 Å². The highest BCUT2D eigenvalue weighted by molar-refractivity contribution is 5.26. The molecular formula is C15H26N4O. The van der Waals surface area contributed by atoms with Crippen molar-refractivity contribution < 1.29 is 5.11 Å².